The van der Waals surface area contributed by atoms with Gasteiger partial charge in [0, 0.05) is 12.1 Å². The number of rotatable bonds is 9. The van der Waals surface area contributed by atoms with Crippen LogP contribution in [0.5, 0.6) is 0 Å². The summed E-state index contributed by atoms with van der Waals surface area (Å²) < 4.78 is 27.5. The number of aryl methyl sites for hydroxylation is 1. The summed E-state index contributed by atoms with van der Waals surface area (Å²) in [6, 6.07) is 17.0. The van der Waals surface area contributed by atoms with Crippen LogP contribution in [0.1, 0.15) is 45.1 Å². The van der Waals surface area contributed by atoms with Crippen LogP contribution in [0.15, 0.2) is 59.5 Å². The van der Waals surface area contributed by atoms with Crippen molar-refractivity contribution in [2.45, 2.75) is 51.3 Å². The number of sulfonamides is 1. The van der Waals surface area contributed by atoms with Crippen LogP contribution >= 0.6 is 0 Å². The zero-order valence-electron chi connectivity index (χ0n) is 15.6. The molecule has 0 aromatic heterocycles. The Kier molecular flexibility index (Phi) is 6.79. The van der Waals surface area contributed by atoms with Gasteiger partial charge in [0.1, 0.15) is 10.6 Å². The van der Waals surface area contributed by atoms with Gasteiger partial charge >= 0.3 is 10.0 Å². The van der Waals surface area contributed by atoms with E-state index < -0.39 is 10.0 Å². The minimum atomic E-state index is -3.54. The highest BCUT2D eigenvalue weighted by atomic mass is 32.2. The van der Waals surface area contributed by atoms with E-state index in [0.29, 0.717) is 18.0 Å². The maximum atomic E-state index is 13.8. The van der Waals surface area contributed by atoms with Crippen LogP contribution in [0.2, 0.25) is 0 Å². The molecule has 4 heteroatoms. The predicted octanol–water partition coefficient (Wildman–Crippen LogP) is 5.29. The second-order valence-corrected chi connectivity index (χ2v) is 8.79. The van der Waals surface area contributed by atoms with E-state index in [0.717, 1.165) is 36.9 Å². The lowest BCUT2D eigenvalue weighted by Crippen LogP contribution is -2.55. The van der Waals surface area contributed by atoms with Gasteiger partial charge < -0.3 is 0 Å². The minimum Gasteiger partial charge on any atom is -0.183 e. The average Bonchev–Trinajstić information content (AvgIpc) is 2.63. The number of hydrogen-bond acceptors (Lipinski definition) is 2. The molecule has 2 aromatic rings. The molecular formula is C21H30NO2S+. The Balaban J connectivity index is 2.64. The zero-order chi connectivity index (χ0) is 18.3. The SMILES string of the molecule is CCCC[N+](CCCC)(c1ccccc1)S(=O)(=O)c1ccc(C)cc1. The topological polar surface area (TPSA) is 34.1 Å². The molecule has 0 bridgehead atoms. The molecule has 0 atom stereocenters. The lowest BCUT2D eigenvalue weighted by Gasteiger charge is -2.36. The Morgan fingerprint density at radius 3 is 1.80 bits per heavy atom. The summed E-state index contributed by atoms with van der Waals surface area (Å²) in [7, 11) is -3.54. The molecule has 0 spiro atoms. The molecule has 0 saturated heterocycles. The Hall–Kier alpha value is -1.65. The van der Waals surface area contributed by atoms with Gasteiger partial charge in [-0.3, -0.25) is 0 Å². The molecule has 0 amide bonds. The number of nitrogens with zero attached hydrogens (tertiary/aromatic N) is 1. The third-order valence-electron chi connectivity index (χ3n) is 4.75. The van der Waals surface area contributed by atoms with Crippen molar-refractivity contribution in [1.29, 1.82) is 0 Å². The molecule has 0 radical (unpaired) electrons. The Bertz CT molecular complexity index is 744. The summed E-state index contributed by atoms with van der Waals surface area (Å²) in [5, 5.41) is 0. The molecule has 25 heavy (non-hydrogen) atoms. The maximum absolute atomic E-state index is 13.8. The smallest absolute Gasteiger partial charge is 0.183 e. The van der Waals surface area contributed by atoms with Crippen molar-refractivity contribution in [3.8, 4) is 0 Å². The second-order valence-electron chi connectivity index (χ2n) is 6.67. The first-order valence-corrected chi connectivity index (χ1v) is 10.7. The third-order valence-corrected chi connectivity index (χ3v) is 7.12. The average molecular weight is 361 g/mol. The third kappa shape index (κ3) is 4.13. The zero-order valence-corrected chi connectivity index (χ0v) is 16.4. The van der Waals surface area contributed by atoms with E-state index in [1.54, 1.807) is 12.1 Å². The highest BCUT2D eigenvalue weighted by Crippen LogP contribution is 2.33. The molecule has 0 unspecified atom stereocenters. The van der Waals surface area contributed by atoms with E-state index in [-0.39, 0.29) is 3.89 Å². The molecule has 0 aliphatic rings. The Labute approximate surface area is 153 Å². The summed E-state index contributed by atoms with van der Waals surface area (Å²) in [5.74, 6) is 0. The van der Waals surface area contributed by atoms with Gasteiger partial charge in [-0.15, -0.1) is 0 Å². The first-order valence-electron chi connectivity index (χ1n) is 9.22. The second kappa shape index (κ2) is 8.63. The van der Waals surface area contributed by atoms with Crippen LogP contribution in [-0.4, -0.2) is 21.5 Å². The normalized spacial score (nSPS) is 12.3. The van der Waals surface area contributed by atoms with E-state index in [1.807, 2.05) is 49.4 Å². The van der Waals surface area contributed by atoms with E-state index >= 15 is 0 Å². The van der Waals surface area contributed by atoms with E-state index in [1.165, 1.54) is 0 Å². The molecule has 136 valence electrons. The fourth-order valence-corrected chi connectivity index (χ4v) is 5.21. The summed E-state index contributed by atoms with van der Waals surface area (Å²) >= 11 is 0. The lowest BCUT2D eigenvalue weighted by molar-refractivity contribution is 0.388. The van der Waals surface area contributed by atoms with Gasteiger partial charge in [-0.25, -0.2) is 0 Å². The Morgan fingerprint density at radius 1 is 0.800 bits per heavy atom. The summed E-state index contributed by atoms with van der Waals surface area (Å²) in [4.78, 5) is 0.411. The van der Waals surface area contributed by atoms with Crippen molar-refractivity contribution in [1.82, 2.24) is 3.89 Å². The van der Waals surface area contributed by atoms with Crippen molar-refractivity contribution in [2.75, 3.05) is 13.1 Å². The standard InChI is InChI=1S/C21H30NO2S/c1-4-6-17-22(18-7-5-2,20-11-9-8-10-12-20)25(23,24)21-15-13-19(3)14-16-21/h8-16H,4-7,17-18H2,1-3H3/q+1. The molecule has 0 aliphatic carbocycles. The van der Waals surface area contributed by atoms with Gasteiger partial charge in [0.25, 0.3) is 0 Å². The summed E-state index contributed by atoms with van der Waals surface area (Å²) in [5.41, 5.74) is 1.93. The van der Waals surface area contributed by atoms with E-state index in [9.17, 15) is 8.42 Å². The van der Waals surface area contributed by atoms with E-state index in [2.05, 4.69) is 13.8 Å². The predicted molar refractivity (Wildman–Crippen MR) is 106 cm³/mol. The molecule has 2 rings (SSSR count). The highest BCUT2D eigenvalue weighted by molar-refractivity contribution is 7.91. The fourth-order valence-electron chi connectivity index (χ4n) is 3.19. The summed E-state index contributed by atoms with van der Waals surface area (Å²) in [6.45, 7) is 7.41. The first-order chi connectivity index (χ1) is 12.0. The van der Waals surface area contributed by atoms with Crippen molar-refractivity contribution in [3.63, 3.8) is 0 Å². The number of hydrogen-bond donors (Lipinski definition) is 0. The number of quaternary nitrogens is 1. The van der Waals surface area contributed by atoms with E-state index in [4.69, 9.17) is 0 Å². The van der Waals surface area contributed by atoms with Crippen LogP contribution < -0.4 is 3.89 Å². The van der Waals surface area contributed by atoms with Gasteiger partial charge in [0.2, 0.25) is 0 Å². The fraction of sp³-hybridized carbons (Fsp3) is 0.429. The number of para-hydroxylation sites is 1. The quantitative estimate of drug-likeness (QED) is 0.569. The van der Waals surface area contributed by atoms with Crippen molar-refractivity contribution in [3.05, 3.63) is 60.2 Å². The minimum absolute atomic E-state index is 0.0125. The van der Waals surface area contributed by atoms with Gasteiger partial charge in [0.05, 0.1) is 13.1 Å². The molecule has 0 saturated carbocycles. The highest BCUT2D eigenvalue weighted by Gasteiger charge is 2.44. The largest absolute Gasteiger partial charge is 0.332 e. The molecule has 3 nitrogen and oxygen atoms in total. The molecule has 2 aromatic carbocycles. The number of benzene rings is 2. The van der Waals surface area contributed by atoms with Gasteiger partial charge in [-0.2, -0.15) is 12.3 Å². The van der Waals surface area contributed by atoms with Gasteiger partial charge in [-0.05, 0) is 31.9 Å². The van der Waals surface area contributed by atoms with Gasteiger partial charge in [0.15, 0.2) is 0 Å². The Morgan fingerprint density at radius 2 is 1.32 bits per heavy atom. The number of unbranched alkanes of at least 4 members (excludes halogenated alkanes) is 2. The van der Waals surface area contributed by atoms with Crippen LogP contribution in [-0.2, 0) is 10.0 Å². The van der Waals surface area contributed by atoms with Crippen LogP contribution in [0.25, 0.3) is 0 Å². The van der Waals surface area contributed by atoms with Crippen molar-refractivity contribution < 1.29 is 8.42 Å². The van der Waals surface area contributed by atoms with Crippen LogP contribution in [0, 0.1) is 6.92 Å². The first kappa shape index (κ1) is 19.7. The molecule has 0 N–H and O–H groups in total. The molecule has 0 heterocycles. The molecular weight excluding hydrogens is 330 g/mol. The monoisotopic (exact) mass is 360 g/mol. The lowest BCUT2D eigenvalue weighted by atomic mass is 10.2. The van der Waals surface area contributed by atoms with Crippen LogP contribution in [0.4, 0.5) is 5.69 Å². The van der Waals surface area contributed by atoms with Crippen molar-refractivity contribution >= 4 is 15.7 Å². The summed E-state index contributed by atoms with van der Waals surface area (Å²) in [6.07, 6.45) is 3.71. The molecule has 0 aliphatic heterocycles. The van der Waals surface area contributed by atoms with Crippen LogP contribution in [0.3, 0.4) is 0 Å². The maximum Gasteiger partial charge on any atom is 0.332 e. The molecule has 0 fully saturated rings. The van der Waals surface area contributed by atoms with Gasteiger partial charge in [-0.1, -0.05) is 62.6 Å². The van der Waals surface area contributed by atoms with Crippen molar-refractivity contribution in [2.24, 2.45) is 0 Å².